The summed E-state index contributed by atoms with van der Waals surface area (Å²) in [6, 6.07) is 15.4. The molecule has 1 unspecified atom stereocenters. The number of aliphatic hydroxyl groups excluding tert-OH is 1. The van der Waals surface area contributed by atoms with Crippen LogP contribution in [0.5, 0.6) is 5.75 Å². The van der Waals surface area contributed by atoms with Gasteiger partial charge in [-0.15, -0.1) is 11.3 Å². The van der Waals surface area contributed by atoms with Crippen LogP contribution in [-0.2, 0) is 0 Å². The van der Waals surface area contributed by atoms with Crippen LogP contribution in [0, 0.1) is 0 Å². The van der Waals surface area contributed by atoms with Crippen LogP contribution >= 0.6 is 11.3 Å². The maximum Gasteiger partial charge on any atom is 0.123 e. The first-order valence-corrected chi connectivity index (χ1v) is 7.09. The molecule has 0 saturated heterocycles. The second-order valence-electron chi connectivity index (χ2n) is 4.42. The second-order valence-corrected chi connectivity index (χ2v) is 5.48. The van der Waals surface area contributed by atoms with E-state index in [0.717, 1.165) is 26.8 Å². The Hall–Kier alpha value is -2.04. The summed E-state index contributed by atoms with van der Waals surface area (Å²) in [5.74, 6) is 0.802. The first kappa shape index (κ1) is 13.0. The molecule has 0 fully saturated rings. The van der Waals surface area contributed by atoms with Crippen molar-refractivity contribution in [2.45, 2.75) is 6.10 Å². The summed E-state index contributed by atoms with van der Waals surface area (Å²) in [7, 11) is 1.64. The Kier molecular flexibility index (Phi) is 3.58. The smallest absolute Gasteiger partial charge is 0.123 e. The van der Waals surface area contributed by atoms with Crippen LogP contribution in [0.25, 0.3) is 10.6 Å². The molecule has 0 aliphatic rings. The topological polar surface area (TPSA) is 42.4 Å². The molecule has 3 rings (SSSR count). The lowest BCUT2D eigenvalue weighted by Gasteiger charge is -2.11. The molecule has 4 heteroatoms. The van der Waals surface area contributed by atoms with Crippen molar-refractivity contribution in [1.82, 2.24) is 4.98 Å². The largest absolute Gasteiger partial charge is 0.497 e. The van der Waals surface area contributed by atoms with E-state index in [1.54, 1.807) is 13.3 Å². The molecule has 0 saturated carbocycles. The first-order valence-electron chi connectivity index (χ1n) is 6.28. The highest BCUT2D eigenvalue weighted by molar-refractivity contribution is 7.15. The molecular weight excluding hydrogens is 270 g/mol. The summed E-state index contributed by atoms with van der Waals surface area (Å²) in [4.78, 5) is 5.24. The molecule has 2 aromatic carbocycles. The van der Waals surface area contributed by atoms with Crippen LogP contribution in [0.1, 0.15) is 16.5 Å². The zero-order valence-electron chi connectivity index (χ0n) is 11.0. The third-order valence-electron chi connectivity index (χ3n) is 3.11. The molecule has 1 aromatic heterocycles. The van der Waals surface area contributed by atoms with E-state index < -0.39 is 6.10 Å². The number of thiazole rings is 1. The molecule has 0 spiro atoms. The highest BCUT2D eigenvalue weighted by Crippen LogP contribution is 2.33. The molecule has 0 aliphatic carbocycles. The van der Waals surface area contributed by atoms with Gasteiger partial charge >= 0.3 is 0 Å². The molecule has 0 radical (unpaired) electrons. The summed E-state index contributed by atoms with van der Waals surface area (Å²) in [5, 5.41) is 11.2. The van der Waals surface area contributed by atoms with Crippen molar-refractivity contribution in [3.8, 4) is 16.3 Å². The number of ether oxygens (including phenoxy) is 1. The Labute approximate surface area is 121 Å². The molecule has 1 N–H and O–H groups in total. The standard InChI is InChI=1S/C16H14NO2S/c1-19-13-8-4-7-12(9-13)16-17-10-14(20-16)15(18)11-5-2-3-6-11/h2-10,15,18H,1H3/q-1. The van der Waals surface area contributed by atoms with Gasteiger partial charge in [0.25, 0.3) is 0 Å². The fourth-order valence-electron chi connectivity index (χ4n) is 2.04. The highest BCUT2D eigenvalue weighted by Gasteiger charge is 2.11. The van der Waals surface area contributed by atoms with E-state index in [0.29, 0.717) is 0 Å². The van der Waals surface area contributed by atoms with Gasteiger partial charge in [0.2, 0.25) is 0 Å². The van der Waals surface area contributed by atoms with Crippen molar-refractivity contribution in [3.63, 3.8) is 0 Å². The molecule has 0 amide bonds. The average molecular weight is 284 g/mol. The molecule has 102 valence electrons. The average Bonchev–Trinajstić information content (AvgIpc) is 3.18. The SMILES string of the molecule is COc1cccc(-c2ncc(C(O)c3cc[cH-]c3)s2)c1. The molecule has 20 heavy (non-hydrogen) atoms. The lowest BCUT2D eigenvalue weighted by molar-refractivity contribution is 0.224. The summed E-state index contributed by atoms with van der Waals surface area (Å²) >= 11 is 1.49. The number of nitrogens with zero attached hydrogens (tertiary/aromatic N) is 1. The van der Waals surface area contributed by atoms with Crippen molar-refractivity contribution < 1.29 is 9.84 Å². The number of benzene rings is 1. The van der Waals surface area contributed by atoms with Gasteiger partial charge in [-0.25, -0.2) is 11.1 Å². The molecule has 3 aromatic rings. The van der Waals surface area contributed by atoms with Crippen LogP contribution in [0.3, 0.4) is 0 Å². The summed E-state index contributed by atoms with van der Waals surface area (Å²) in [5.41, 5.74) is 1.89. The Balaban J connectivity index is 1.90. The van der Waals surface area contributed by atoms with E-state index in [1.807, 2.05) is 48.5 Å². The molecule has 1 heterocycles. The van der Waals surface area contributed by atoms with E-state index in [9.17, 15) is 5.11 Å². The Morgan fingerprint density at radius 2 is 2.25 bits per heavy atom. The van der Waals surface area contributed by atoms with Crippen LogP contribution in [0.2, 0.25) is 0 Å². The number of hydrogen-bond acceptors (Lipinski definition) is 4. The van der Waals surface area contributed by atoms with Gasteiger partial charge < -0.3 is 9.84 Å². The maximum absolute atomic E-state index is 10.3. The van der Waals surface area contributed by atoms with E-state index in [2.05, 4.69) is 4.98 Å². The van der Waals surface area contributed by atoms with Gasteiger partial charge in [-0.1, -0.05) is 12.1 Å². The van der Waals surface area contributed by atoms with Crippen LogP contribution < -0.4 is 4.74 Å². The number of hydrogen-bond donors (Lipinski definition) is 1. The van der Waals surface area contributed by atoms with Gasteiger partial charge in [0.1, 0.15) is 10.8 Å². The fourth-order valence-corrected chi connectivity index (χ4v) is 2.96. The van der Waals surface area contributed by atoms with Crippen molar-refractivity contribution in [2.24, 2.45) is 0 Å². The van der Waals surface area contributed by atoms with E-state index in [1.165, 1.54) is 11.3 Å². The summed E-state index contributed by atoms with van der Waals surface area (Å²) < 4.78 is 5.22. The minimum Gasteiger partial charge on any atom is -0.497 e. The number of methoxy groups -OCH3 is 1. The Bertz CT molecular complexity index is 688. The minimum absolute atomic E-state index is 0.609. The summed E-state index contributed by atoms with van der Waals surface area (Å²) in [6.07, 6.45) is 1.12. The number of aromatic nitrogens is 1. The monoisotopic (exact) mass is 284 g/mol. The normalized spacial score (nSPS) is 12.3. The van der Waals surface area contributed by atoms with Gasteiger partial charge in [-0.05, 0) is 12.1 Å². The van der Waals surface area contributed by atoms with E-state index in [-0.39, 0.29) is 0 Å². The maximum atomic E-state index is 10.3. The zero-order chi connectivity index (χ0) is 13.9. The Morgan fingerprint density at radius 3 is 3.00 bits per heavy atom. The van der Waals surface area contributed by atoms with Gasteiger partial charge in [0.15, 0.2) is 0 Å². The quantitative estimate of drug-likeness (QED) is 0.744. The molecule has 0 aliphatic heterocycles. The third-order valence-corrected chi connectivity index (χ3v) is 4.21. The minimum atomic E-state index is -0.609. The van der Waals surface area contributed by atoms with E-state index >= 15 is 0 Å². The zero-order valence-corrected chi connectivity index (χ0v) is 11.8. The van der Waals surface area contributed by atoms with Gasteiger partial charge in [0, 0.05) is 16.6 Å². The number of rotatable bonds is 4. The predicted molar refractivity (Wildman–Crippen MR) is 80.2 cm³/mol. The second kappa shape index (κ2) is 5.53. The van der Waals surface area contributed by atoms with Crippen LogP contribution in [0.4, 0.5) is 0 Å². The molecular formula is C16H14NO2S-. The van der Waals surface area contributed by atoms with Crippen molar-refractivity contribution >= 4 is 11.3 Å². The van der Waals surface area contributed by atoms with Crippen molar-refractivity contribution in [3.05, 3.63) is 65.2 Å². The van der Waals surface area contributed by atoms with Gasteiger partial charge in [0.05, 0.1) is 13.2 Å². The summed E-state index contributed by atoms with van der Waals surface area (Å²) in [6.45, 7) is 0. The molecule has 1 atom stereocenters. The van der Waals surface area contributed by atoms with Crippen LogP contribution in [-0.4, -0.2) is 17.2 Å². The lowest BCUT2D eigenvalue weighted by atomic mass is 10.2. The number of aliphatic hydroxyl groups is 1. The van der Waals surface area contributed by atoms with Crippen molar-refractivity contribution in [2.75, 3.05) is 7.11 Å². The fraction of sp³-hybridized carbons (Fsp3) is 0.125. The molecule has 3 nitrogen and oxygen atoms in total. The third kappa shape index (κ3) is 2.48. The van der Waals surface area contributed by atoms with Gasteiger partial charge in [-0.3, -0.25) is 0 Å². The van der Waals surface area contributed by atoms with Crippen LogP contribution in [0.15, 0.2) is 54.7 Å². The Morgan fingerprint density at radius 1 is 1.35 bits per heavy atom. The van der Waals surface area contributed by atoms with E-state index in [4.69, 9.17) is 4.74 Å². The van der Waals surface area contributed by atoms with Gasteiger partial charge in [-0.2, -0.15) is 23.8 Å². The molecule has 0 bridgehead atoms. The van der Waals surface area contributed by atoms with Crippen molar-refractivity contribution in [1.29, 1.82) is 0 Å². The predicted octanol–water partition coefficient (Wildman–Crippen LogP) is 3.62. The first-order chi connectivity index (χ1) is 9.78. The lowest BCUT2D eigenvalue weighted by Crippen LogP contribution is -1.93. The highest BCUT2D eigenvalue weighted by atomic mass is 32.1.